The van der Waals surface area contributed by atoms with Crippen LogP contribution in [0.15, 0.2) is 53.9 Å². The Labute approximate surface area is 122 Å². The number of aryl methyl sites for hydroxylation is 1. The third-order valence-electron chi connectivity index (χ3n) is 3.36. The van der Waals surface area contributed by atoms with Gasteiger partial charge in [-0.2, -0.15) is 0 Å². The summed E-state index contributed by atoms with van der Waals surface area (Å²) in [6.07, 6.45) is 2.10. The van der Waals surface area contributed by atoms with Crippen LogP contribution in [0.5, 0.6) is 5.75 Å². The van der Waals surface area contributed by atoms with Crippen molar-refractivity contribution in [3.8, 4) is 5.75 Å². The molecule has 0 aliphatic rings. The van der Waals surface area contributed by atoms with E-state index >= 15 is 0 Å². The smallest absolute Gasteiger partial charge is 0.115 e. The summed E-state index contributed by atoms with van der Waals surface area (Å²) in [5, 5.41) is 16.1. The van der Waals surface area contributed by atoms with Gasteiger partial charge in [-0.25, -0.2) is 0 Å². The van der Waals surface area contributed by atoms with E-state index in [9.17, 15) is 5.11 Å². The molecule has 0 aliphatic carbocycles. The Morgan fingerprint density at radius 2 is 1.85 bits per heavy atom. The number of nitrogens with one attached hydrogen (secondary N) is 1. The van der Waals surface area contributed by atoms with E-state index in [1.165, 1.54) is 21.3 Å². The number of aromatic hydroxyl groups is 1. The van der Waals surface area contributed by atoms with Crippen molar-refractivity contribution in [1.29, 1.82) is 0 Å². The number of phenols is 1. The molecule has 0 bridgehead atoms. The van der Waals surface area contributed by atoms with Crippen molar-refractivity contribution in [2.75, 3.05) is 11.9 Å². The standard InChI is InChI=1S/C17H17NOS/c19-16-6-3-13(4-7-16)2-1-10-18-15-5-8-17-14(12-15)9-11-20-17/h3-9,11-12,18-19H,1-2,10H2. The van der Waals surface area contributed by atoms with Gasteiger partial charge in [-0.1, -0.05) is 12.1 Å². The predicted molar refractivity (Wildman–Crippen MR) is 86.7 cm³/mol. The van der Waals surface area contributed by atoms with Gasteiger partial charge < -0.3 is 10.4 Å². The van der Waals surface area contributed by atoms with E-state index in [1.807, 2.05) is 12.1 Å². The van der Waals surface area contributed by atoms with Crippen molar-refractivity contribution < 1.29 is 5.11 Å². The van der Waals surface area contributed by atoms with Crippen molar-refractivity contribution in [2.45, 2.75) is 12.8 Å². The molecule has 1 aromatic heterocycles. The minimum atomic E-state index is 0.330. The first-order valence-corrected chi connectivity index (χ1v) is 7.68. The molecule has 20 heavy (non-hydrogen) atoms. The largest absolute Gasteiger partial charge is 0.508 e. The number of phenolic OH excluding ortho intramolecular Hbond substituents is 1. The van der Waals surface area contributed by atoms with E-state index in [1.54, 1.807) is 23.5 Å². The zero-order valence-electron chi connectivity index (χ0n) is 11.2. The van der Waals surface area contributed by atoms with Gasteiger partial charge >= 0.3 is 0 Å². The van der Waals surface area contributed by atoms with Crippen molar-refractivity contribution in [3.05, 3.63) is 59.5 Å². The van der Waals surface area contributed by atoms with E-state index in [4.69, 9.17) is 0 Å². The molecule has 0 atom stereocenters. The summed E-state index contributed by atoms with van der Waals surface area (Å²) in [4.78, 5) is 0. The van der Waals surface area contributed by atoms with Crippen LogP contribution in [0.1, 0.15) is 12.0 Å². The van der Waals surface area contributed by atoms with Gasteiger partial charge in [0.1, 0.15) is 5.75 Å². The van der Waals surface area contributed by atoms with Crippen LogP contribution in [0, 0.1) is 0 Å². The first-order chi connectivity index (χ1) is 9.81. The lowest BCUT2D eigenvalue weighted by Crippen LogP contribution is -2.02. The third-order valence-corrected chi connectivity index (χ3v) is 4.26. The number of hydrogen-bond acceptors (Lipinski definition) is 3. The molecule has 3 heteroatoms. The normalized spacial score (nSPS) is 10.8. The van der Waals surface area contributed by atoms with Crippen LogP contribution in [0.4, 0.5) is 5.69 Å². The molecule has 0 aliphatic heterocycles. The van der Waals surface area contributed by atoms with E-state index in [-0.39, 0.29) is 0 Å². The Morgan fingerprint density at radius 3 is 2.70 bits per heavy atom. The number of anilines is 1. The molecule has 1 heterocycles. The highest BCUT2D eigenvalue weighted by Gasteiger charge is 1.98. The zero-order chi connectivity index (χ0) is 13.8. The van der Waals surface area contributed by atoms with E-state index in [2.05, 4.69) is 35.0 Å². The highest BCUT2D eigenvalue weighted by molar-refractivity contribution is 7.17. The zero-order valence-corrected chi connectivity index (χ0v) is 12.0. The molecule has 0 spiro atoms. The summed E-state index contributed by atoms with van der Waals surface area (Å²) >= 11 is 1.77. The lowest BCUT2D eigenvalue weighted by atomic mass is 10.1. The maximum Gasteiger partial charge on any atom is 0.115 e. The Bertz CT molecular complexity index is 688. The van der Waals surface area contributed by atoms with Gasteiger partial charge in [0.15, 0.2) is 0 Å². The van der Waals surface area contributed by atoms with Crippen molar-refractivity contribution >= 4 is 27.1 Å². The van der Waals surface area contributed by atoms with Gasteiger partial charge in [0.25, 0.3) is 0 Å². The Morgan fingerprint density at radius 1 is 1.00 bits per heavy atom. The Balaban J connectivity index is 1.50. The number of benzene rings is 2. The maximum absolute atomic E-state index is 9.23. The van der Waals surface area contributed by atoms with E-state index in [0.717, 1.165) is 19.4 Å². The molecule has 2 nitrogen and oxygen atoms in total. The molecular formula is C17H17NOS. The van der Waals surface area contributed by atoms with Gasteiger partial charge in [0.2, 0.25) is 0 Å². The van der Waals surface area contributed by atoms with Crippen LogP contribution in [0.25, 0.3) is 10.1 Å². The summed E-state index contributed by atoms with van der Waals surface area (Å²) in [5.74, 6) is 0.330. The highest BCUT2D eigenvalue weighted by atomic mass is 32.1. The highest BCUT2D eigenvalue weighted by Crippen LogP contribution is 2.24. The minimum absolute atomic E-state index is 0.330. The molecule has 0 radical (unpaired) electrons. The van der Waals surface area contributed by atoms with Gasteiger partial charge in [0, 0.05) is 16.9 Å². The Hall–Kier alpha value is -2.00. The van der Waals surface area contributed by atoms with Gasteiger partial charge in [-0.15, -0.1) is 11.3 Å². The van der Waals surface area contributed by atoms with Gasteiger partial charge in [0.05, 0.1) is 0 Å². The van der Waals surface area contributed by atoms with E-state index in [0.29, 0.717) is 5.75 Å². The molecule has 102 valence electrons. The lowest BCUT2D eigenvalue weighted by molar-refractivity contribution is 0.475. The molecule has 3 aromatic rings. The van der Waals surface area contributed by atoms with Crippen molar-refractivity contribution in [2.24, 2.45) is 0 Å². The van der Waals surface area contributed by atoms with Crippen molar-refractivity contribution in [1.82, 2.24) is 0 Å². The fourth-order valence-corrected chi connectivity index (χ4v) is 3.04. The van der Waals surface area contributed by atoms with Crippen LogP contribution < -0.4 is 5.32 Å². The van der Waals surface area contributed by atoms with Crippen LogP contribution in [0.3, 0.4) is 0 Å². The predicted octanol–water partition coefficient (Wildman–Crippen LogP) is 4.65. The molecule has 2 N–H and O–H groups in total. The SMILES string of the molecule is Oc1ccc(CCCNc2ccc3sccc3c2)cc1. The molecule has 2 aromatic carbocycles. The third kappa shape index (κ3) is 3.11. The maximum atomic E-state index is 9.23. The molecule has 3 rings (SSSR count). The fraction of sp³-hybridized carbons (Fsp3) is 0.176. The monoisotopic (exact) mass is 283 g/mol. The topological polar surface area (TPSA) is 32.3 Å². The van der Waals surface area contributed by atoms with Gasteiger partial charge in [-0.3, -0.25) is 0 Å². The summed E-state index contributed by atoms with van der Waals surface area (Å²) in [7, 11) is 0. The summed E-state index contributed by atoms with van der Waals surface area (Å²) in [6, 6.07) is 16.1. The second-order valence-electron chi connectivity index (χ2n) is 4.87. The van der Waals surface area contributed by atoms with E-state index < -0.39 is 0 Å². The number of fused-ring (bicyclic) bond motifs is 1. The fourth-order valence-electron chi connectivity index (χ4n) is 2.26. The molecule has 0 saturated heterocycles. The minimum Gasteiger partial charge on any atom is -0.508 e. The van der Waals surface area contributed by atoms with Crippen LogP contribution in [0.2, 0.25) is 0 Å². The average molecular weight is 283 g/mol. The second kappa shape index (κ2) is 5.97. The van der Waals surface area contributed by atoms with Crippen LogP contribution in [-0.2, 0) is 6.42 Å². The summed E-state index contributed by atoms with van der Waals surface area (Å²) in [5.41, 5.74) is 2.44. The molecule has 0 unspecified atom stereocenters. The summed E-state index contributed by atoms with van der Waals surface area (Å²) in [6.45, 7) is 0.955. The molecule has 0 amide bonds. The molecule has 0 fully saturated rings. The second-order valence-corrected chi connectivity index (χ2v) is 5.82. The number of hydrogen-bond donors (Lipinski definition) is 2. The van der Waals surface area contributed by atoms with Crippen LogP contribution >= 0.6 is 11.3 Å². The number of thiophene rings is 1. The summed E-state index contributed by atoms with van der Waals surface area (Å²) < 4.78 is 1.33. The number of rotatable bonds is 5. The average Bonchev–Trinajstić information content (AvgIpc) is 2.93. The lowest BCUT2D eigenvalue weighted by Gasteiger charge is -2.07. The van der Waals surface area contributed by atoms with Crippen LogP contribution in [-0.4, -0.2) is 11.7 Å². The first kappa shape index (κ1) is 13.0. The quantitative estimate of drug-likeness (QED) is 0.668. The molecule has 0 saturated carbocycles. The van der Waals surface area contributed by atoms with Gasteiger partial charge in [-0.05, 0) is 65.6 Å². The molecular weight excluding hydrogens is 266 g/mol. The first-order valence-electron chi connectivity index (χ1n) is 6.80. The van der Waals surface area contributed by atoms with Crippen molar-refractivity contribution in [3.63, 3.8) is 0 Å². The Kier molecular flexibility index (Phi) is 3.88.